The molecule has 0 bridgehead atoms. The zero-order valence-electron chi connectivity index (χ0n) is 9.58. The molecule has 2 aromatic carbocycles. The summed E-state index contributed by atoms with van der Waals surface area (Å²) in [5.41, 5.74) is 1.88. The number of aryl methyl sites for hydroxylation is 1. The summed E-state index contributed by atoms with van der Waals surface area (Å²) >= 11 is 3.12. The average Bonchev–Trinajstić information content (AvgIpc) is 2.31. The van der Waals surface area contributed by atoms with Crippen LogP contribution in [-0.2, 0) is 0 Å². The van der Waals surface area contributed by atoms with Gasteiger partial charge in [-0.3, -0.25) is 0 Å². The number of carbonyl (C=O) groups is 1. The lowest BCUT2D eigenvalue weighted by molar-refractivity contribution is 0.0697. The third-order valence-corrected chi connectivity index (χ3v) is 3.20. The molecule has 1 N–H and O–H groups in total. The normalized spacial score (nSPS) is 10.4. The van der Waals surface area contributed by atoms with Crippen LogP contribution in [-0.4, -0.2) is 11.1 Å². The second-order valence-corrected chi connectivity index (χ2v) is 4.85. The highest BCUT2D eigenvalue weighted by Crippen LogP contribution is 2.29. The van der Waals surface area contributed by atoms with Gasteiger partial charge < -0.3 is 5.11 Å². The SMILES string of the molecule is Cc1cc(C(=O)O)cc(-c2cccc(Br)c2F)c1. The summed E-state index contributed by atoms with van der Waals surface area (Å²) in [6.45, 7) is 1.78. The molecular weight excluding hydrogens is 299 g/mol. The molecule has 0 amide bonds. The van der Waals surface area contributed by atoms with Crippen molar-refractivity contribution in [3.8, 4) is 11.1 Å². The zero-order valence-corrected chi connectivity index (χ0v) is 11.2. The molecule has 0 saturated heterocycles. The van der Waals surface area contributed by atoms with Gasteiger partial charge in [-0.2, -0.15) is 0 Å². The Morgan fingerprint density at radius 2 is 2.00 bits per heavy atom. The van der Waals surface area contributed by atoms with Gasteiger partial charge >= 0.3 is 5.97 Å². The molecule has 92 valence electrons. The maximum atomic E-state index is 14.0. The van der Waals surface area contributed by atoms with Crippen LogP contribution in [0.2, 0.25) is 0 Å². The van der Waals surface area contributed by atoms with Crippen LogP contribution in [0.4, 0.5) is 4.39 Å². The summed E-state index contributed by atoms with van der Waals surface area (Å²) < 4.78 is 14.3. The van der Waals surface area contributed by atoms with Crippen LogP contribution >= 0.6 is 15.9 Å². The van der Waals surface area contributed by atoms with E-state index in [1.165, 1.54) is 6.07 Å². The number of carboxylic acid groups (broad SMARTS) is 1. The maximum absolute atomic E-state index is 14.0. The molecule has 18 heavy (non-hydrogen) atoms. The molecule has 0 aliphatic rings. The van der Waals surface area contributed by atoms with Crippen molar-refractivity contribution in [2.45, 2.75) is 6.92 Å². The van der Waals surface area contributed by atoms with Gasteiger partial charge in [0.15, 0.2) is 0 Å². The van der Waals surface area contributed by atoms with Crippen molar-refractivity contribution in [2.75, 3.05) is 0 Å². The molecule has 0 spiro atoms. The van der Waals surface area contributed by atoms with Crippen molar-refractivity contribution in [3.63, 3.8) is 0 Å². The summed E-state index contributed by atoms with van der Waals surface area (Å²) in [4.78, 5) is 11.0. The second-order valence-electron chi connectivity index (χ2n) is 3.99. The molecular formula is C14H10BrFO2. The minimum Gasteiger partial charge on any atom is -0.478 e. The van der Waals surface area contributed by atoms with Gasteiger partial charge in [0.05, 0.1) is 10.0 Å². The Morgan fingerprint density at radius 3 is 2.67 bits per heavy atom. The largest absolute Gasteiger partial charge is 0.478 e. The molecule has 0 radical (unpaired) electrons. The third kappa shape index (κ3) is 2.43. The van der Waals surface area contributed by atoms with Crippen LogP contribution in [0.3, 0.4) is 0 Å². The van der Waals surface area contributed by atoms with Gasteiger partial charge in [0.2, 0.25) is 0 Å². The molecule has 0 aliphatic heterocycles. The van der Waals surface area contributed by atoms with E-state index < -0.39 is 5.97 Å². The van der Waals surface area contributed by atoms with E-state index >= 15 is 0 Å². The number of carboxylic acids is 1. The van der Waals surface area contributed by atoms with Gasteiger partial charge in [0, 0.05) is 5.56 Å². The van der Waals surface area contributed by atoms with Gasteiger partial charge in [0.25, 0.3) is 0 Å². The Labute approximate surface area is 112 Å². The number of hydrogen-bond donors (Lipinski definition) is 1. The number of benzene rings is 2. The quantitative estimate of drug-likeness (QED) is 0.900. The fourth-order valence-electron chi connectivity index (χ4n) is 1.79. The van der Waals surface area contributed by atoms with Crippen molar-refractivity contribution in [1.82, 2.24) is 0 Å². The first kappa shape index (κ1) is 12.8. The maximum Gasteiger partial charge on any atom is 0.335 e. The lowest BCUT2D eigenvalue weighted by Gasteiger charge is -2.07. The molecule has 2 rings (SSSR count). The molecule has 0 aromatic heterocycles. The highest BCUT2D eigenvalue weighted by molar-refractivity contribution is 9.10. The summed E-state index contributed by atoms with van der Waals surface area (Å²) in [5, 5.41) is 9.00. The second kappa shape index (κ2) is 4.90. The fourth-order valence-corrected chi connectivity index (χ4v) is 2.16. The highest BCUT2D eigenvalue weighted by Gasteiger charge is 2.11. The minimum atomic E-state index is -1.02. The monoisotopic (exact) mass is 308 g/mol. The van der Waals surface area contributed by atoms with Crippen molar-refractivity contribution in [2.24, 2.45) is 0 Å². The molecule has 4 heteroatoms. The van der Waals surface area contributed by atoms with Gasteiger partial charge in [0.1, 0.15) is 5.82 Å². The van der Waals surface area contributed by atoms with Gasteiger partial charge in [-0.25, -0.2) is 9.18 Å². The molecule has 2 aromatic rings. The van der Waals surface area contributed by atoms with Crippen LogP contribution in [0.15, 0.2) is 40.9 Å². The Balaban J connectivity index is 2.64. The van der Waals surface area contributed by atoms with Crippen molar-refractivity contribution >= 4 is 21.9 Å². The average molecular weight is 309 g/mol. The van der Waals surface area contributed by atoms with E-state index in [0.29, 0.717) is 15.6 Å². The highest BCUT2D eigenvalue weighted by atomic mass is 79.9. The van der Waals surface area contributed by atoms with Crippen LogP contribution in [0.5, 0.6) is 0 Å². The number of rotatable bonds is 2. The van der Waals surface area contributed by atoms with Crippen molar-refractivity contribution < 1.29 is 14.3 Å². The van der Waals surface area contributed by atoms with Crippen LogP contribution in [0.1, 0.15) is 15.9 Å². The van der Waals surface area contributed by atoms with Crippen LogP contribution in [0.25, 0.3) is 11.1 Å². The smallest absolute Gasteiger partial charge is 0.335 e. The predicted octanol–water partition coefficient (Wildman–Crippen LogP) is 4.26. The Bertz CT molecular complexity index is 623. The van der Waals surface area contributed by atoms with Gasteiger partial charge in [-0.1, -0.05) is 18.2 Å². The fraction of sp³-hybridized carbons (Fsp3) is 0.0714. The lowest BCUT2D eigenvalue weighted by Crippen LogP contribution is -1.98. The minimum absolute atomic E-state index is 0.157. The number of halogens is 2. The lowest BCUT2D eigenvalue weighted by atomic mass is 10.00. The van der Waals surface area contributed by atoms with E-state index in [-0.39, 0.29) is 11.4 Å². The standard InChI is InChI=1S/C14H10BrFO2/c1-8-5-9(7-10(6-8)14(17)18)11-3-2-4-12(15)13(11)16/h2-7H,1H3,(H,17,18). The van der Waals surface area contributed by atoms with Crippen molar-refractivity contribution in [1.29, 1.82) is 0 Å². The molecule has 0 aliphatic carbocycles. The summed E-state index contributed by atoms with van der Waals surface area (Å²) in [5.74, 6) is -1.41. The topological polar surface area (TPSA) is 37.3 Å². The van der Waals surface area contributed by atoms with E-state index in [4.69, 9.17) is 5.11 Å². The van der Waals surface area contributed by atoms with E-state index in [1.54, 1.807) is 37.3 Å². The van der Waals surface area contributed by atoms with Gasteiger partial charge in [-0.05, 0) is 52.2 Å². The van der Waals surface area contributed by atoms with E-state index in [1.807, 2.05) is 0 Å². The Hall–Kier alpha value is -1.68. The summed E-state index contributed by atoms with van der Waals surface area (Å²) in [6, 6.07) is 9.73. The van der Waals surface area contributed by atoms with E-state index in [9.17, 15) is 9.18 Å². The first-order valence-electron chi connectivity index (χ1n) is 5.28. The zero-order chi connectivity index (χ0) is 13.3. The van der Waals surface area contributed by atoms with Crippen LogP contribution in [0, 0.1) is 12.7 Å². The molecule has 0 unspecified atom stereocenters. The third-order valence-electron chi connectivity index (χ3n) is 2.59. The Kier molecular flexibility index (Phi) is 3.48. The number of aromatic carboxylic acids is 1. The van der Waals surface area contributed by atoms with Gasteiger partial charge in [-0.15, -0.1) is 0 Å². The van der Waals surface area contributed by atoms with E-state index in [2.05, 4.69) is 15.9 Å². The first-order valence-corrected chi connectivity index (χ1v) is 6.07. The number of hydrogen-bond acceptors (Lipinski definition) is 1. The van der Waals surface area contributed by atoms with Crippen LogP contribution < -0.4 is 0 Å². The summed E-state index contributed by atoms with van der Waals surface area (Å²) in [6.07, 6.45) is 0. The predicted molar refractivity (Wildman–Crippen MR) is 71.2 cm³/mol. The van der Waals surface area contributed by atoms with Crippen molar-refractivity contribution in [3.05, 3.63) is 57.8 Å². The summed E-state index contributed by atoms with van der Waals surface area (Å²) in [7, 11) is 0. The molecule has 0 atom stereocenters. The Morgan fingerprint density at radius 1 is 1.28 bits per heavy atom. The molecule has 0 saturated carbocycles. The van der Waals surface area contributed by atoms with E-state index in [0.717, 1.165) is 5.56 Å². The molecule has 0 heterocycles. The first-order chi connectivity index (χ1) is 8.49. The molecule has 0 fully saturated rings. The molecule has 2 nitrogen and oxygen atoms in total.